The summed E-state index contributed by atoms with van der Waals surface area (Å²) in [5.41, 5.74) is 0.720. The fourth-order valence-corrected chi connectivity index (χ4v) is 5.40. The van der Waals surface area contributed by atoms with Crippen molar-refractivity contribution in [2.45, 2.75) is 19.3 Å². The average Bonchev–Trinajstić information content (AvgIpc) is 3.29. The van der Waals surface area contributed by atoms with Gasteiger partial charge in [-0.05, 0) is 55.3 Å². The van der Waals surface area contributed by atoms with Crippen LogP contribution in [0.15, 0.2) is 42.5 Å². The zero-order valence-electron chi connectivity index (χ0n) is 19.5. The molecule has 0 spiro atoms. The maximum atomic E-state index is 14.9. The number of benzene rings is 2. The van der Waals surface area contributed by atoms with Crippen molar-refractivity contribution in [1.82, 2.24) is 4.31 Å². The Labute approximate surface area is 213 Å². The lowest BCUT2D eigenvalue weighted by molar-refractivity contribution is -0.127. The van der Waals surface area contributed by atoms with Gasteiger partial charge in [0.15, 0.2) is 0 Å². The fraction of sp³-hybridized carbons (Fsp3) is 0.375. The topological polar surface area (TPSA) is 116 Å². The Kier molecular flexibility index (Phi) is 7.62. The first-order valence-electron chi connectivity index (χ1n) is 11.5. The molecule has 2 heterocycles. The molecule has 36 heavy (non-hydrogen) atoms. The van der Waals surface area contributed by atoms with E-state index in [1.807, 2.05) is 0 Å². The van der Waals surface area contributed by atoms with E-state index in [4.69, 9.17) is 11.6 Å². The van der Waals surface area contributed by atoms with Gasteiger partial charge >= 0.3 is 0 Å². The van der Waals surface area contributed by atoms with Gasteiger partial charge in [0.1, 0.15) is 5.82 Å². The SMILES string of the molecule is CS(=O)(=O)N1C[C@H](C(=O)Nc2ccc(Cl)cc2)[C@@H](C(=O)Nc2ccc(N3CCCCC3=O)cc2F)C1. The Bertz CT molecular complexity index is 1290. The molecular weight excluding hydrogens is 511 g/mol. The van der Waals surface area contributed by atoms with E-state index < -0.39 is 39.5 Å². The summed E-state index contributed by atoms with van der Waals surface area (Å²) in [6.45, 7) is 0.0952. The van der Waals surface area contributed by atoms with Crippen molar-refractivity contribution in [2.24, 2.45) is 11.8 Å². The molecule has 0 saturated carbocycles. The van der Waals surface area contributed by atoms with Crippen LogP contribution in [0.4, 0.5) is 21.5 Å². The monoisotopic (exact) mass is 536 g/mol. The van der Waals surface area contributed by atoms with E-state index in [9.17, 15) is 27.2 Å². The zero-order valence-corrected chi connectivity index (χ0v) is 21.1. The largest absolute Gasteiger partial charge is 0.326 e. The molecule has 0 aliphatic carbocycles. The molecule has 2 fully saturated rings. The van der Waals surface area contributed by atoms with Crippen LogP contribution in [-0.4, -0.2) is 56.3 Å². The summed E-state index contributed by atoms with van der Waals surface area (Å²) in [4.78, 5) is 39.8. The molecule has 2 aromatic carbocycles. The molecule has 2 aromatic rings. The van der Waals surface area contributed by atoms with Crippen LogP contribution in [0, 0.1) is 17.7 Å². The minimum Gasteiger partial charge on any atom is -0.326 e. The molecule has 0 aromatic heterocycles. The fourth-order valence-electron chi connectivity index (χ4n) is 4.42. The number of rotatable bonds is 6. The third kappa shape index (κ3) is 5.85. The van der Waals surface area contributed by atoms with Crippen molar-refractivity contribution in [3.05, 3.63) is 53.3 Å². The summed E-state index contributed by atoms with van der Waals surface area (Å²) in [6.07, 6.45) is 3.02. The molecule has 12 heteroatoms. The van der Waals surface area contributed by atoms with Crippen molar-refractivity contribution < 1.29 is 27.2 Å². The predicted octanol–water partition coefficient (Wildman–Crippen LogP) is 3.08. The molecule has 0 radical (unpaired) electrons. The minimum absolute atomic E-state index is 0.0844. The number of piperidine rings is 1. The summed E-state index contributed by atoms with van der Waals surface area (Å²) in [5.74, 6) is -4.09. The number of hydrogen-bond acceptors (Lipinski definition) is 5. The Morgan fingerprint density at radius 3 is 2.22 bits per heavy atom. The van der Waals surface area contributed by atoms with Gasteiger partial charge < -0.3 is 15.5 Å². The number of carbonyl (C=O) groups excluding carboxylic acids is 3. The Balaban J connectivity index is 1.51. The Hall–Kier alpha value is -3.02. The molecule has 4 rings (SSSR count). The molecule has 2 atom stereocenters. The van der Waals surface area contributed by atoms with Crippen molar-refractivity contribution >= 4 is 56.4 Å². The van der Waals surface area contributed by atoms with Gasteiger partial charge in [0.05, 0.1) is 23.8 Å². The van der Waals surface area contributed by atoms with Crippen molar-refractivity contribution in [2.75, 3.05) is 41.4 Å². The number of amides is 3. The van der Waals surface area contributed by atoms with Crippen LogP contribution in [0.2, 0.25) is 5.02 Å². The van der Waals surface area contributed by atoms with Crippen LogP contribution >= 0.6 is 11.6 Å². The van der Waals surface area contributed by atoms with Gasteiger partial charge in [-0.1, -0.05) is 11.6 Å². The molecule has 0 unspecified atom stereocenters. The summed E-state index contributed by atoms with van der Waals surface area (Å²) in [5, 5.41) is 5.64. The second kappa shape index (κ2) is 10.5. The smallest absolute Gasteiger partial charge is 0.229 e. The lowest BCUT2D eigenvalue weighted by Crippen LogP contribution is -2.36. The van der Waals surface area contributed by atoms with Crippen LogP contribution in [0.5, 0.6) is 0 Å². The van der Waals surface area contributed by atoms with E-state index in [-0.39, 0.29) is 24.7 Å². The van der Waals surface area contributed by atoms with E-state index in [0.717, 1.165) is 23.4 Å². The first kappa shape index (κ1) is 26.1. The summed E-state index contributed by atoms with van der Waals surface area (Å²) in [7, 11) is -3.67. The number of anilines is 3. The molecular formula is C24H26ClFN4O5S. The third-order valence-corrected chi connectivity index (χ3v) is 7.87. The third-order valence-electron chi connectivity index (χ3n) is 6.39. The van der Waals surface area contributed by atoms with Crippen LogP contribution in [0.25, 0.3) is 0 Å². The maximum absolute atomic E-state index is 14.9. The average molecular weight is 537 g/mol. The molecule has 9 nitrogen and oxygen atoms in total. The van der Waals surface area contributed by atoms with Gasteiger partial charge in [-0.2, -0.15) is 0 Å². The van der Waals surface area contributed by atoms with Crippen molar-refractivity contribution in [3.8, 4) is 0 Å². The molecule has 3 amide bonds. The molecule has 192 valence electrons. The highest BCUT2D eigenvalue weighted by Crippen LogP contribution is 2.30. The molecule has 2 saturated heterocycles. The highest BCUT2D eigenvalue weighted by atomic mass is 35.5. The quantitative estimate of drug-likeness (QED) is 0.588. The van der Waals surface area contributed by atoms with Crippen molar-refractivity contribution in [3.63, 3.8) is 0 Å². The van der Waals surface area contributed by atoms with Crippen LogP contribution in [0.1, 0.15) is 19.3 Å². The number of nitrogens with one attached hydrogen (secondary N) is 2. The highest BCUT2D eigenvalue weighted by molar-refractivity contribution is 7.88. The van der Waals surface area contributed by atoms with E-state index in [1.54, 1.807) is 30.3 Å². The van der Waals surface area contributed by atoms with Crippen LogP contribution in [-0.2, 0) is 24.4 Å². The first-order valence-corrected chi connectivity index (χ1v) is 13.7. The number of sulfonamides is 1. The Morgan fingerprint density at radius 2 is 1.64 bits per heavy atom. The molecule has 0 bridgehead atoms. The second-order valence-corrected chi connectivity index (χ2v) is 11.4. The second-order valence-electron chi connectivity index (χ2n) is 8.94. The van der Waals surface area contributed by atoms with Gasteiger partial charge in [0.25, 0.3) is 0 Å². The van der Waals surface area contributed by atoms with Gasteiger partial charge in [0, 0.05) is 42.5 Å². The normalized spacial score (nSPS) is 20.9. The van der Waals surface area contributed by atoms with E-state index in [0.29, 0.717) is 29.4 Å². The van der Waals surface area contributed by atoms with E-state index >= 15 is 0 Å². The molecule has 2 aliphatic rings. The van der Waals surface area contributed by atoms with Gasteiger partial charge in [0.2, 0.25) is 27.7 Å². The summed E-state index contributed by atoms with van der Waals surface area (Å²) in [6, 6.07) is 10.4. The van der Waals surface area contributed by atoms with Crippen LogP contribution in [0.3, 0.4) is 0 Å². The highest BCUT2D eigenvalue weighted by Gasteiger charge is 2.45. The maximum Gasteiger partial charge on any atom is 0.229 e. The zero-order chi connectivity index (χ0) is 26.0. The van der Waals surface area contributed by atoms with Gasteiger partial charge in [-0.15, -0.1) is 0 Å². The summed E-state index contributed by atoms with van der Waals surface area (Å²) >= 11 is 5.87. The minimum atomic E-state index is -3.67. The lowest BCUT2D eigenvalue weighted by atomic mass is 9.94. The number of halogens is 2. The number of hydrogen-bond donors (Lipinski definition) is 2. The number of nitrogens with zero attached hydrogens (tertiary/aromatic N) is 2. The molecule has 2 aliphatic heterocycles. The number of carbonyl (C=O) groups is 3. The van der Waals surface area contributed by atoms with Gasteiger partial charge in [-0.3, -0.25) is 14.4 Å². The van der Waals surface area contributed by atoms with E-state index in [1.165, 1.54) is 17.0 Å². The van der Waals surface area contributed by atoms with Crippen LogP contribution < -0.4 is 15.5 Å². The predicted molar refractivity (Wildman–Crippen MR) is 135 cm³/mol. The van der Waals surface area contributed by atoms with E-state index in [2.05, 4.69) is 10.6 Å². The first-order chi connectivity index (χ1) is 17.0. The Morgan fingerprint density at radius 1 is 1.00 bits per heavy atom. The summed E-state index contributed by atoms with van der Waals surface area (Å²) < 4.78 is 40.2. The van der Waals surface area contributed by atoms with Gasteiger partial charge in [-0.25, -0.2) is 17.1 Å². The lowest BCUT2D eigenvalue weighted by Gasteiger charge is -2.27. The standard InChI is InChI=1S/C24H26ClFN4O5S/c1-36(34,35)29-13-18(23(32)27-16-7-5-15(25)6-8-16)19(14-29)24(33)28-21-10-9-17(12-20(21)26)30-11-3-2-4-22(30)31/h5-10,12,18-19H,2-4,11,13-14H2,1H3,(H,27,32)(H,28,33)/t18-,19-/m0/s1. The van der Waals surface area contributed by atoms with Crippen molar-refractivity contribution in [1.29, 1.82) is 0 Å². The molecule has 2 N–H and O–H groups in total.